The van der Waals surface area contributed by atoms with Gasteiger partial charge in [-0.1, -0.05) is 46.3 Å². The van der Waals surface area contributed by atoms with E-state index in [0.717, 1.165) is 26.2 Å². The van der Waals surface area contributed by atoms with Crippen molar-refractivity contribution in [3.8, 4) is 11.1 Å². The van der Waals surface area contributed by atoms with Crippen LogP contribution in [0.4, 0.5) is 10.1 Å². The lowest BCUT2D eigenvalue weighted by atomic mass is 9.89. The highest BCUT2D eigenvalue weighted by atomic mass is 79.9. The normalized spacial score (nSPS) is 16.6. The molecule has 0 fully saturated rings. The van der Waals surface area contributed by atoms with Crippen molar-refractivity contribution >= 4 is 38.9 Å². The fourth-order valence-electron chi connectivity index (χ4n) is 3.10. The van der Waals surface area contributed by atoms with Gasteiger partial charge >= 0.3 is 0 Å². The molecule has 0 spiro atoms. The first kappa shape index (κ1) is 15.5. The largest absolute Gasteiger partial charge is 0.325 e. The summed E-state index contributed by atoms with van der Waals surface area (Å²) in [6.45, 7) is 0. The highest BCUT2D eigenvalue weighted by Crippen LogP contribution is 2.47. The summed E-state index contributed by atoms with van der Waals surface area (Å²) in [7, 11) is 0. The maximum atomic E-state index is 14.2. The highest BCUT2D eigenvalue weighted by molar-refractivity contribution is 9.10. The van der Waals surface area contributed by atoms with E-state index in [1.807, 2.05) is 29.6 Å². The number of benzene rings is 2. The number of thiophene rings is 1. The number of halogens is 2. The van der Waals surface area contributed by atoms with Crippen LogP contribution in [0.3, 0.4) is 0 Å². The van der Waals surface area contributed by atoms with Crippen molar-refractivity contribution < 1.29 is 9.18 Å². The lowest BCUT2D eigenvalue weighted by molar-refractivity contribution is -0.116. The number of fused-ring (bicyclic) bond motifs is 1. The second-order valence-corrected chi connectivity index (χ2v) is 7.56. The van der Waals surface area contributed by atoms with Crippen LogP contribution in [0.2, 0.25) is 0 Å². The summed E-state index contributed by atoms with van der Waals surface area (Å²) >= 11 is 5.06. The molecule has 1 amide bonds. The Bertz CT molecular complexity index is 937. The molecule has 2 aromatic carbocycles. The fourth-order valence-corrected chi connectivity index (χ4v) is 4.67. The van der Waals surface area contributed by atoms with Crippen LogP contribution in [-0.2, 0) is 4.79 Å². The summed E-state index contributed by atoms with van der Waals surface area (Å²) in [6, 6.07) is 14.7. The summed E-state index contributed by atoms with van der Waals surface area (Å²) in [4.78, 5) is 13.3. The predicted molar refractivity (Wildman–Crippen MR) is 98.9 cm³/mol. The average molecular weight is 402 g/mol. The molecule has 1 unspecified atom stereocenters. The number of carbonyl (C=O) groups excluding carboxylic acids is 1. The smallest absolute Gasteiger partial charge is 0.225 e. The second kappa shape index (κ2) is 6.15. The van der Waals surface area contributed by atoms with Crippen molar-refractivity contribution in [3.05, 3.63) is 74.6 Å². The van der Waals surface area contributed by atoms with Crippen molar-refractivity contribution in [1.82, 2.24) is 0 Å². The summed E-state index contributed by atoms with van der Waals surface area (Å²) in [6.07, 6.45) is 0.403. The van der Waals surface area contributed by atoms with E-state index in [1.54, 1.807) is 29.5 Å². The van der Waals surface area contributed by atoms with E-state index in [9.17, 15) is 9.18 Å². The quantitative estimate of drug-likeness (QED) is 0.578. The van der Waals surface area contributed by atoms with Crippen molar-refractivity contribution in [1.29, 1.82) is 0 Å². The molecular weight excluding hydrogens is 389 g/mol. The number of hydrogen-bond donors (Lipinski definition) is 1. The van der Waals surface area contributed by atoms with Gasteiger partial charge in [-0.3, -0.25) is 4.79 Å². The van der Waals surface area contributed by atoms with Gasteiger partial charge in [-0.25, -0.2) is 4.39 Å². The summed E-state index contributed by atoms with van der Waals surface area (Å²) in [5.74, 6) is -0.322. The molecule has 5 heteroatoms. The van der Waals surface area contributed by atoms with Gasteiger partial charge in [-0.2, -0.15) is 0 Å². The minimum atomic E-state index is -0.281. The number of rotatable bonds is 2. The second-order valence-electron chi connectivity index (χ2n) is 5.73. The monoisotopic (exact) mass is 401 g/mol. The zero-order valence-electron chi connectivity index (χ0n) is 12.6. The minimum absolute atomic E-state index is 0.00299. The van der Waals surface area contributed by atoms with Gasteiger partial charge in [0.05, 0.1) is 5.69 Å². The van der Waals surface area contributed by atoms with Crippen LogP contribution in [0.1, 0.15) is 22.8 Å². The molecule has 1 aliphatic rings. The maximum absolute atomic E-state index is 14.2. The third-order valence-corrected chi connectivity index (χ3v) is 5.79. The van der Waals surface area contributed by atoms with Gasteiger partial charge in [0, 0.05) is 38.2 Å². The minimum Gasteiger partial charge on any atom is -0.325 e. The summed E-state index contributed by atoms with van der Waals surface area (Å²) in [5, 5.41) is 4.87. The van der Waals surface area contributed by atoms with Gasteiger partial charge in [0.25, 0.3) is 0 Å². The molecule has 1 aliphatic heterocycles. The molecule has 0 aliphatic carbocycles. The number of carbonyl (C=O) groups is 1. The SMILES string of the molecule is O=C1CC(c2cccc(Br)c2)c2scc(-c3ccccc3F)c2N1. The van der Waals surface area contributed by atoms with Crippen LogP contribution in [0.5, 0.6) is 0 Å². The van der Waals surface area contributed by atoms with Crippen molar-refractivity contribution in [3.63, 3.8) is 0 Å². The van der Waals surface area contributed by atoms with Crippen LogP contribution in [0, 0.1) is 5.82 Å². The van der Waals surface area contributed by atoms with Gasteiger partial charge in [0.2, 0.25) is 5.91 Å². The summed E-state index contributed by atoms with van der Waals surface area (Å²) in [5.41, 5.74) is 3.10. The van der Waals surface area contributed by atoms with Crippen molar-refractivity contribution in [2.24, 2.45) is 0 Å². The zero-order valence-corrected chi connectivity index (χ0v) is 15.0. The first-order valence-corrected chi connectivity index (χ1v) is 9.22. The van der Waals surface area contributed by atoms with E-state index >= 15 is 0 Å². The van der Waals surface area contributed by atoms with Gasteiger partial charge < -0.3 is 5.32 Å². The van der Waals surface area contributed by atoms with E-state index in [-0.39, 0.29) is 17.6 Å². The van der Waals surface area contributed by atoms with Crippen LogP contribution >= 0.6 is 27.3 Å². The molecule has 0 saturated carbocycles. The third kappa shape index (κ3) is 2.68. The molecule has 0 saturated heterocycles. The Morgan fingerprint density at radius 1 is 1.12 bits per heavy atom. The van der Waals surface area contributed by atoms with E-state index in [0.29, 0.717) is 12.0 Å². The Morgan fingerprint density at radius 3 is 2.75 bits per heavy atom. The van der Waals surface area contributed by atoms with E-state index in [4.69, 9.17) is 0 Å². The van der Waals surface area contributed by atoms with E-state index in [2.05, 4.69) is 21.2 Å². The molecule has 1 atom stereocenters. The Hall–Kier alpha value is -1.98. The maximum Gasteiger partial charge on any atom is 0.225 e. The highest BCUT2D eigenvalue weighted by Gasteiger charge is 2.30. The molecular formula is C19H13BrFNOS. The lowest BCUT2D eigenvalue weighted by Crippen LogP contribution is -2.22. The van der Waals surface area contributed by atoms with Crippen LogP contribution in [0.15, 0.2) is 58.4 Å². The molecule has 1 aromatic heterocycles. The molecule has 4 rings (SSSR count). The number of anilines is 1. The number of amides is 1. The molecule has 1 N–H and O–H groups in total. The molecule has 2 nitrogen and oxygen atoms in total. The van der Waals surface area contributed by atoms with Crippen LogP contribution in [0.25, 0.3) is 11.1 Å². The summed E-state index contributed by atoms with van der Waals surface area (Å²) < 4.78 is 15.2. The number of hydrogen-bond acceptors (Lipinski definition) is 2. The van der Waals surface area contributed by atoms with Crippen molar-refractivity contribution in [2.45, 2.75) is 12.3 Å². The molecule has 24 heavy (non-hydrogen) atoms. The average Bonchev–Trinajstić information content (AvgIpc) is 2.98. The zero-order chi connectivity index (χ0) is 16.7. The van der Waals surface area contributed by atoms with Gasteiger partial charge in [-0.15, -0.1) is 11.3 Å². The Labute approximate surface area is 151 Å². The fraction of sp³-hybridized carbons (Fsp3) is 0.105. The molecule has 0 bridgehead atoms. The van der Waals surface area contributed by atoms with E-state index < -0.39 is 0 Å². The Balaban J connectivity index is 1.85. The Kier molecular flexibility index (Phi) is 3.98. The lowest BCUT2D eigenvalue weighted by Gasteiger charge is -2.24. The van der Waals surface area contributed by atoms with Gasteiger partial charge in [0.15, 0.2) is 0 Å². The first-order valence-electron chi connectivity index (χ1n) is 7.55. The molecule has 0 radical (unpaired) electrons. The standard InChI is InChI=1S/C19H13BrFNOS/c20-12-5-3-4-11(8-12)14-9-17(23)22-18-15(10-24-19(14)18)13-6-1-2-7-16(13)21/h1-8,10,14H,9H2,(H,22,23). The Morgan fingerprint density at radius 2 is 1.96 bits per heavy atom. The molecule has 2 heterocycles. The topological polar surface area (TPSA) is 29.1 Å². The van der Waals surface area contributed by atoms with Crippen LogP contribution < -0.4 is 5.32 Å². The first-order chi connectivity index (χ1) is 11.6. The predicted octanol–water partition coefficient (Wildman–Crippen LogP) is 5.79. The van der Waals surface area contributed by atoms with Crippen molar-refractivity contribution in [2.75, 3.05) is 5.32 Å². The molecule has 120 valence electrons. The number of nitrogens with one attached hydrogen (secondary N) is 1. The van der Waals surface area contributed by atoms with Crippen LogP contribution in [-0.4, -0.2) is 5.91 Å². The van der Waals surface area contributed by atoms with E-state index in [1.165, 1.54) is 6.07 Å². The molecule has 3 aromatic rings. The van der Waals surface area contributed by atoms with Gasteiger partial charge in [-0.05, 0) is 23.8 Å². The third-order valence-electron chi connectivity index (χ3n) is 4.20. The van der Waals surface area contributed by atoms with Gasteiger partial charge in [0.1, 0.15) is 5.82 Å².